The van der Waals surface area contributed by atoms with Crippen molar-refractivity contribution in [2.24, 2.45) is 0 Å². The van der Waals surface area contributed by atoms with E-state index < -0.39 is 0 Å². The molecule has 1 heterocycles. The van der Waals surface area contributed by atoms with E-state index in [9.17, 15) is 4.79 Å². The van der Waals surface area contributed by atoms with Crippen LogP contribution < -0.4 is 5.32 Å². The lowest BCUT2D eigenvalue weighted by atomic mass is 10.1. The van der Waals surface area contributed by atoms with Crippen molar-refractivity contribution in [3.05, 3.63) is 16.9 Å². The number of unbranched alkanes of at least 4 members (excludes halogenated alkanes) is 10. The van der Waals surface area contributed by atoms with Crippen molar-refractivity contribution in [1.82, 2.24) is 9.97 Å². The van der Waals surface area contributed by atoms with Crippen LogP contribution in [0.15, 0.2) is 16.9 Å². The lowest BCUT2D eigenvalue weighted by molar-refractivity contribution is -0.116. The van der Waals surface area contributed by atoms with Crippen molar-refractivity contribution in [3.63, 3.8) is 0 Å². The van der Waals surface area contributed by atoms with Gasteiger partial charge in [0.15, 0.2) is 0 Å². The van der Waals surface area contributed by atoms with Crippen LogP contribution in [0, 0.1) is 0 Å². The zero-order chi connectivity index (χ0) is 16.8. The van der Waals surface area contributed by atoms with Gasteiger partial charge in [-0.25, -0.2) is 9.97 Å². The minimum absolute atomic E-state index is 0.00301. The molecule has 0 aliphatic carbocycles. The number of rotatable bonds is 13. The zero-order valence-corrected chi connectivity index (χ0v) is 15.9. The zero-order valence-electron chi connectivity index (χ0n) is 14.3. The largest absolute Gasteiger partial charge is 0.295 e. The van der Waals surface area contributed by atoms with E-state index in [2.05, 4.69) is 38.1 Å². The molecule has 0 fully saturated rings. The summed E-state index contributed by atoms with van der Waals surface area (Å²) in [5, 5.41) is 2.72. The molecule has 4 nitrogen and oxygen atoms in total. The fourth-order valence-electron chi connectivity index (χ4n) is 2.51. The minimum atomic E-state index is 0.00301. The number of nitrogens with one attached hydrogen (secondary N) is 1. The summed E-state index contributed by atoms with van der Waals surface area (Å²) in [5.74, 6) is 0.379. The van der Waals surface area contributed by atoms with E-state index in [1.54, 1.807) is 12.4 Å². The molecular formula is C18H30BrN3O. The van der Waals surface area contributed by atoms with Crippen LogP contribution in [0.3, 0.4) is 0 Å². The molecule has 0 radical (unpaired) electrons. The molecule has 23 heavy (non-hydrogen) atoms. The van der Waals surface area contributed by atoms with Crippen LogP contribution >= 0.6 is 15.9 Å². The highest BCUT2D eigenvalue weighted by molar-refractivity contribution is 9.10. The quantitative estimate of drug-likeness (QED) is 0.432. The van der Waals surface area contributed by atoms with Crippen LogP contribution in [-0.2, 0) is 4.79 Å². The Labute approximate surface area is 149 Å². The summed E-state index contributed by atoms with van der Waals surface area (Å²) in [6, 6.07) is 0. The molecule has 0 spiro atoms. The Morgan fingerprint density at radius 2 is 1.39 bits per heavy atom. The van der Waals surface area contributed by atoms with Crippen LogP contribution in [0.4, 0.5) is 5.95 Å². The van der Waals surface area contributed by atoms with E-state index in [4.69, 9.17) is 0 Å². The highest BCUT2D eigenvalue weighted by atomic mass is 79.9. The second-order valence-electron chi connectivity index (χ2n) is 6.06. The Hall–Kier alpha value is -0.970. The van der Waals surface area contributed by atoms with Gasteiger partial charge < -0.3 is 0 Å². The van der Waals surface area contributed by atoms with E-state index in [-0.39, 0.29) is 5.91 Å². The summed E-state index contributed by atoms with van der Waals surface area (Å²) in [7, 11) is 0. The minimum Gasteiger partial charge on any atom is -0.295 e. The molecule has 0 aliphatic heterocycles. The van der Waals surface area contributed by atoms with Crippen molar-refractivity contribution >= 4 is 27.8 Å². The van der Waals surface area contributed by atoms with Crippen LogP contribution in [0.25, 0.3) is 0 Å². The summed E-state index contributed by atoms with van der Waals surface area (Å²) in [4.78, 5) is 19.8. The monoisotopic (exact) mass is 383 g/mol. The standard InChI is InChI=1S/C18H30BrN3O/c1-2-3-4-5-6-7-8-9-10-11-12-13-17(23)22-18-20-14-16(19)15-21-18/h14-15H,2-13H2,1H3,(H,20,21,22,23). The predicted octanol–water partition coefficient (Wildman–Crippen LogP) is 5.88. The second-order valence-corrected chi connectivity index (χ2v) is 6.97. The third-order valence-corrected chi connectivity index (χ3v) is 4.29. The van der Waals surface area contributed by atoms with E-state index in [0.717, 1.165) is 17.3 Å². The maximum absolute atomic E-state index is 11.8. The molecule has 0 aliphatic rings. The topological polar surface area (TPSA) is 54.9 Å². The maximum atomic E-state index is 11.8. The molecule has 1 aromatic rings. The number of hydrogen-bond acceptors (Lipinski definition) is 3. The fourth-order valence-corrected chi connectivity index (χ4v) is 2.72. The summed E-state index contributed by atoms with van der Waals surface area (Å²) >= 11 is 3.27. The molecule has 0 saturated heterocycles. The number of hydrogen-bond donors (Lipinski definition) is 1. The van der Waals surface area contributed by atoms with Gasteiger partial charge in [0.1, 0.15) is 0 Å². The molecule has 1 aromatic heterocycles. The van der Waals surface area contributed by atoms with Crippen molar-refractivity contribution in [2.45, 2.75) is 84.0 Å². The van der Waals surface area contributed by atoms with Gasteiger partial charge in [-0.05, 0) is 22.4 Å². The first-order chi connectivity index (χ1) is 11.2. The number of carbonyl (C=O) groups excluding carboxylic acids is 1. The summed E-state index contributed by atoms with van der Waals surface area (Å²) < 4.78 is 0.806. The SMILES string of the molecule is CCCCCCCCCCCCCC(=O)Nc1ncc(Br)cn1. The van der Waals surface area contributed by atoms with Crippen LogP contribution in [0.5, 0.6) is 0 Å². The van der Waals surface area contributed by atoms with Gasteiger partial charge in [0.05, 0.1) is 4.47 Å². The molecule has 0 unspecified atom stereocenters. The lowest BCUT2D eigenvalue weighted by Crippen LogP contribution is -2.13. The Morgan fingerprint density at radius 1 is 0.913 bits per heavy atom. The normalized spacial score (nSPS) is 10.7. The van der Waals surface area contributed by atoms with Gasteiger partial charge in [0, 0.05) is 18.8 Å². The van der Waals surface area contributed by atoms with Gasteiger partial charge in [-0.3, -0.25) is 10.1 Å². The van der Waals surface area contributed by atoms with Gasteiger partial charge in [-0.2, -0.15) is 0 Å². The number of anilines is 1. The van der Waals surface area contributed by atoms with E-state index in [1.807, 2.05) is 0 Å². The van der Waals surface area contributed by atoms with Crippen molar-refractivity contribution < 1.29 is 4.79 Å². The van der Waals surface area contributed by atoms with Gasteiger partial charge in [-0.1, -0.05) is 71.1 Å². The molecular weight excluding hydrogens is 354 g/mol. The van der Waals surface area contributed by atoms with Crippen molar-refractivity contribution in [3.8, 4) is 0 Å². The first-order valence-corrected chi connectivity index (χ1v) is 9.79. The highest BCUT2D eigenvalue weighted by Crippen LogP contribution is 2.12. The van der Waals surface area contributed by atoms with E-state index in [1.165, 1.54) is 57.8 Å². The molecule has 0 saturated carbocycles. The molecule has 0 bridgehead atoms. The molecule has 130 valence electrons. The highest BCUT2D eigenvalue weighted by Gasteiger charge is 2.04. The molecule has 1 N–H and O–H groups in total. The smallest absolute Gasteiger partial charge is 0.229 e. The first kappa shape index (κ1) is 20.1. The average molecular weight is 384 g/mol. The second kappa shape index (κ2) is 13.5. The first-order valence-electron chi connectivity index (χ1n) is 8.99. The van der Waals surface area contributed by atoms with E-state index in [0.29, 0.717) is 12.4 Å². The third-order valence-electron chi connectivity index (χ3n) is 3.88. The fraction of sp³-hybridized carbons (Fsp3) is 0.722. The van der Waals surface area contributed by atoms with Crippen molar-refractivity contribution in [2.75, 3.05) is 5.32 Å². The van der Waals surface area contributed by atoms with Gasteiger partial charge in [0.2, 0.25) is 11.9 Å². The Balaban J connectivity index is 1.90. The van der Waals surface area contributed by atoms with Gasteiger partial charge in [0.25, 0.3) is 0 Å². The lowest BCUT2D eigenvalue weighted by Gasteiger charge is -2.04. The van der Waals surface area contributed by atoms with Crippen LogP contribution in [0.1, 0.15) is 84.0 Å². The van der Waals surface area contributed by atoms with Crippen molar-refractivity contribution in [1.29, 1.82) is 0 Å². The molecule has 1 amide bonds. The Morgan fingerprint density at radius 3 is 1.91 bits per heavy atom. The molecule has 0 atom stereocenters. The predicted molar refractivity (Wildman–Crippen MR) is 99.4 cm³/mol. The Bertz CT molecular complexity index is 423. The maximum Gasteiger partial charge on any atom is 0.229 e. The number of carbonyl (C=O) groups is 1. The summed E-state index contributed by atoms with van der Waals surface area (Å²) in [6.45, 7) is 2.26. The van der Waals surface area contributed by atoms with Crippen LogP contribution in [0.2, 0.25) is 0 Å². The van der Waals surface area contributed by atoms with Gasteiger partial charge >= 0.3 is 0 Å². The third kappa shape index (κ3) is 11.2. The number of nitrogens with zero attached hydrogens (tertiary/aromatic N) is 2. The van der Waals surface area contributed by atoms with E-state index >= 15 is 0 Å². The summed E-state index contributed by atoms with van der Waals surface area (Å²) in [5.41, 5.74) is 0. The number of amides is 1. The summed E-state index contributed by atoms with van der Waals surface area (Å²) in [6.07, 6.45) is 18.0. The average Bonchev–Trinajstić information content (AvgIpc) is 2.55. The molecule has 5 heteroatoms. The van der Waals surface area contributed by atoms with Gasteiger partial charge in [-0.15, -0.1) is 0 Å². The molecule has 0 aromatic carbocycles. The van der Waals surface area contributed by atoms with Crippen LogP contribution in [-0.4, -0.2) is 15.9 Å². The molecule has 1 rings (SSSR count). The number of halogens is 1. The Kier molecular flexibility index (Phi) is 11.8. The number of aromatic nitrogens is 2.